The van der Waals surface area contributed by atoms with E-state index in [0.717, 1.165) is 4.90 Å². The van der Waals surface area contributed by atoms with Crippen LogP contribution in [0.4, 0.5) is 15.8 Å². The van der Waals surface area contributed by atoms with Gasteiger partial charge in [0.2, 0.25) is 5.91 Å². The van der Waals surface area contributed by atoms with Crippen LogP contribution in [0.1, 0.15) is 22.8 Å². The third kappa shape index (κ3) is 8.62. The number of thioether (sulfide) groups is 1. The first-order valence-electron chi connectivity index (χ1n) is 13.3. The molecule has 0 fully saturated rings. The van der Waals surface area contributed by atoms with Crippen molar-refractivity contribution in [2.45, 2.75) is 17.1 Å². The fraction of sp³-hybridized carbons (Fsp3) is 0.121. The van der Waals surface area contributed by atoms with Crippen LogP contribution in [0.5, 0.6) is 11.5 Å². The molecule has 4 aromatic rings. The van der Waals surface area contributed by atoms with E-state index < -0.39 is 22.9 Å². The largest absolute Gasteiger partial charge is 0.495 e. The normalized spacial score (nSPS) is 11.7. The van der Waals surface area contributed by atoms with Crippen LogP contribution in [0, 0.1) is 5.82 Å². The summed E-state index contributed by atoms with van der Waals surface area (Å²) in [7, 11) is 2.97. The quantitative estimate of drug-likeness (QED) is 0.121. The van der Waals surface area contributed by atoms with Crippen molar-refractivity contribution in [3.05, 3.63) is 119 Å². The van der Waals surface area contributed by atoms with Gasteiger partial charge >= 0.3 is 0 Å². The van der Waals surface area contributed by atoms with Crippen molar-refractivity contribution in [3.8, 4) is 11.5 Å². The average molecular weight is 634 g/mol. The summed E-state index contributed by atoms with van der Waals surface area (Å²) in [5, 5.41) is 8.09. The van der Waals surface area contributed by atoms with Gasteiger partial charge in [-0.2, -0.15) is 0 Å². The van der Waals surface area contributed by atoms with Crippen molar-refractivity contribution >= 4 is 58.5 Å². The Labute approximate surface area is 263 Å². The van der Waals surface area contributed by atoms with Gasteiger partial charge in [0.1, 0.15) is 23.0 Å². The highest BCUT2D eigenvalue weighted by Crippen LogP contribution is 2.36. The summed E-state index contributed by atoms with van der Waals surface area (Å²) in [6.45, 7) is 1.76. The van der Waals surface area contributed by atoms with E-state index >= 15 is 0 Å². The third-order valence-electron chi connectivity index (χ3n) is 6.24. The molecule has 0 aliphatic carbocycles. The summed E-state index contributed by atoms with van der Waals surface area (Å²) in [4.78, 5) is 39.7. The standard InChI is InChI=1S/C33H29ClFN3O5S/c1-20(31(39)37-27-18-26(34)29(42-2)19-30(27)43-3)44-25-15-13-24(14-16-25)36-33(41)28(17-21-9-11-23(35)12-10-21)38-32(40)22-7-5-4-6-8-22/h4-20H,1-3H3,(H,36,41)(H,37,39)(H,38,40)/b28-17-. The lowest BCUT2D eigenvalue weighted by atomic mass is 10.1. The van der Waals surface area contributed by atoms with Crippen LogP contribution in [-0.2, 0) is 9.59 Å². The molecule has 3 N–H and O–H groups in total. The fourth-order valence-electron chi connectivity index (χ4n) is 3.93. The van der Waals surface area contributed by atoms with E-state index in [1.165, 1.54) is 56.3 Å². The maximum Gasteiger partial charge on any atom is 0.272 e. The summed E-state index contributed by atoms with van der Waals surface area (Å²) in [6.07, 6.45) is 1.46. The first-order valence-corrected chi connectivity index (χ1v) is 14.6. The minimum Gasteiger partial charge on any atom is -0.495 e. The molecule has 0 aliphatic heterocycles. The van der Waals surface area contributed by atoms with Crippen molar-refractivity contribution in [2.24, 2.45) is 0 Å². The summed E-state index contributed by atoms with van der Waals surface area (Å²) >= 11 is 7.53. The predicted molar refractivity (Wildman–Crippen MR) is 172 cm³/mol. The monoisotopic (exact) mass is 633 g/mol. The molecule has 0 saturated carbocycles. The van der Waals surface area contributed by atoms with Gasteiger partial charge in [-0.25, -0.2) is 4.39 Å². The molecule has 4 rings (SSSR count). The van der Waals surface area contributed by atoms with E-state index in [4.69, 9.17) is 21.1 Å². The van der Waals surface area contributed by atoms with E-state index in [1.54, 1.807) is 73.7 Å². The summed E-state index contributed by atoms with van der Waals surface area (Å²) in [6, 6.07) is 24.1. The Kier molecular flexibility index (Phi) is 11.0. The van der Waals surface area contributed by atoms with Crippen molar-refractivity contribution < 1.29 is 28.2 Å². The average Bonchev–Trinajstić information content (AvgIpc) is 3.03. The Morgan fingerprint density at radius 3 is 2.16 bits per heavy atom. The Hall–Kier alpha value is -4.80. The molecule has 0 aliphatic rings. The smallest absolute Gasteiger partial charge is 0.272 e. The lowest BCUT2D eigenvalue weighted by Crippen LogP contribution is -2.30. The number of amides is 3. The lowest BCUT2D eigenvalue weighted by Gasteiger charge is -2.16. The van der Waals surface area contributed by atoms with Gasteiger partial charge in [-0.1, -0.05) is 41.9 Å². The highest BCUT2D eigenvalue weighted by molar-refractivity contribution is 8.00. The van der Waals surface area contributed by atoms with E-state index in [0.29, 0.717) is 39.0 Å². The van der Waals surface area contributed by atoms with Gasteiger partial charge in [0, 0.05) is 22.2 Å². The van der Waals surface area contributed by atoms with Gasteiger partial charge in [0.25, 0.3) is 11.8 Å². The maximum atomic E-state index is 13.4. The zero-order valence-electron chi connectivity index (χ0n) is 24.0. The second kappa shape index (κ2) is 15.1. The number of carbonyl (C=O) groups is 3. The summed E-state index contributed by atoms with van der Waals surface area (Å²) in [5.41, 5.74) is 1.76. The molecule has 0 aromatic heterocycles. The van der Waals surface area contributed by atoms with Crippen LogP contribution < -0.4 is 25.4 Å². The Morgan fingerprint density at radius 1 is 0.864 bits per heavy atom. The molecule has 4 aromatic carbocycles. The fourth-order valence-corrected chi connectivity index (χ4v) is 5.04. The van der Waals surface area contributed by atoms with Crippen LogP contribution >= 0.6 is 23.4 Å². The van der Waals surface area contributed by atoms with E-state index in [2.05, 4.69) is 16.0 Å². The van der Waals surface area contributed by atoms with Crippen LogP contribution in [-0.4, -0.2) is 37.2 Å². The second-order valence-corrected chi connectivity index (χ2v) is 11.2. The van der Waals surface area contributed by atoms with E-state index in [-0.39, 0.29) is 11.6 Å². The van der Waals surface area contributed by atoms with Gasteiger partial charge in [0.05, 0.1) is 30.2 Å². The number of hydrogen-bond donors (Lipinski definition) is 3. The SMILES string of the molecule is COc1cc(OC)c(NC(=O)C(C)Sc2ccc(NC(=O)/C(=C/c3ccc(F)cc3)NC(=O)c3ccccc3)cc2)cc1Cl. The number of hydrogen-bond acceptors (Lipinski definition) is 6. The molecule has 44 heavy (non-hydrogen) atoms. The summed E-state index contributed by atoms with van der Waals surface area (Å²) < 4.78 is 24.0. The molecule has 11 heteroatoms. The van der Waals surface area contributed by atoms with Crippen LogP contribution in [0.15, 0.2) is 102 Å². The van der Waals surface area contributed by atoms with Crippen LogP contribution in [0.3, 0.4) is 0 Å². The van der Waals surface area contributed by atoms with Gasteiger partial charge in [0.15, 0.2) is 0 Å². The molecule has 226 valence electrons. The minimum atomic E-state index is -0.571. The molecule has 0 spiro atoms. The minimum absolute atomic E-state index is 0.0248. The van der Waals surface area contributed by atoms with Gasteiger partial charge in [-0.05, 0) is 73.2 Å². The van der Waals surface area contributed by atoms with Crippen molar-refractivity contribution in [1.82, 2.24) is 5.32 Å². The molecule has 0 bridgehead atoms. The number of nitrogens with one attached hydrogen (secondary N) is 3. The number of carbonyl (C=O) groups excluding carboxylic acids is 3. The summed E-state index contributed by atoms with van der Waals surface area (Å²) in [5.74, 6) is -0.897. The van der Waals surface area contributed by atoms with Gasteiger partial charge in [-0.3, -0.25) is 14.4 Å². The topological polar surface area (TPSA) is 106 Å². The van der Waals surface area contributed by atoms with E-state index in [1.807, 2.05) is 0 Å². The van der Waals surface area contributed by atoms with Gasteiger partial charge in [-0.15, -0.1) is 11.8 Å². The number of methoxy groups -OCH3 is 2. The van der Waals surface area contributed by atoms with Crippen molar-refractivity contribution in [3.63, 3.8) is 0 Å². The van der Waals surface area contributed by atoms with Crippen molar-refractivity contribution in [1.29, 1.82) is 0 Å². The number of halogens is 2. The predicted octanol–water partition coefficient (Wildman–Crippen LogP) is 7.03. The molecule has 1 unspecified atom stereocenters. The van der Waals surface area contributed by atoms with E-state index in [9.17, 15) is 18.8 Å². The zero-order chi connectivity index (χ0) is 31.6. The Morgan fingerprint density at radius 2 is 1.52 bits per heavy atom. The first kappa shape index (κ1) is 32.1. The molecule has 8 nitrogen and oxygen atoms in total. The Balaban J connectivity index is 1.43. The zero-order valence-corrected chi connectivity index (χ0v) is 25.6. The molecular weight excluding hydrogens is 605 g/mol. The van der Waals surface area contributed by atoms with Crippen LogP contribution in [0.25, 0.3) is 6.08 Å². The molecule has 1 atom stereocenters. The molecule has 0 radical (unpaired) electrons. The number of benzene rings is 4. The maximum absolute atomic E-state index is 13.4. The first-order chi connectivity index (χ1) is 21.2. The number of anilines is 2. The highest BCUT2D eigenvalue weighted by atomic mass is 35.5. The molecule has 0 heterocycles. The third-order valence-corrected chi connectivity index (χ3v) is 7.64. The Bertz CT molecular complexity index is 1670. The number of rotatable bonds is 11. The molecular formula is C33H29ClFN3O5S. The second-order valence-electron chi connectivity index (χ2n) is 9.34. The lowest BCUT2D eigenvalue weighted by molar-refractivity contribution is -0.115. The van der Waals surface area contributed by atoms with Gasteiger partial charge < -0.3 is 25.4 Å². The number of ether oxygens (including phenoxy) is 2. The molecule has 0 saturated heterocycles. The van der Waals surface area contributed by atoms with Crippen molar-refractivity contribution in [2.75, 3.05) is 24.9 Å². The van der Waals surface area contributed by atoms with Crippen LogP contribution in [0.2, 0.25) is 5.02 Å². The molecule has 3 amide bonds. The highest BCUT2D eigenvalue weighted by Gasteiger charge is 2.19.